The van der Waals surface area contributed by atoms with Crippen molar-refractivity contribution in [2.75, 3.05) is 0 Å². The highest BCUT2D eigenvalue weighted by Gasteiger charge is 2.18. The molecule has 0 N–H and O–H groups in total. The van der Waals surface area contributed by atoms with Gasteiger partial charge in [-0.25, -0.2) is 0 Å². The lowest BCUT2D eigenvalue weighted by atomic mass is 9.93. The van der Waals surface area contributed by atoms with Crippen molar-refractivity contribution >= 4 is 108 Å². The highest BCUT2D eigenvalue weighted by Crippen LogP contribution is 2.42. The predicted octanol–water partition coefficient (Wildman–Crippen LogP) is 15.3. The number of rotatable bonds is 2. The minimum atomic E-state index is 0.905. The minimum Gasteiger partial charge on any atom is -0.456 e. The third-order valence-electron chi connectivity index (χ3n) is 12.3. The molecule has 0 saturated heterocycles. The van der Waals surface area contributed by atoms with Crippen LogP contribution in [0.5, 0.6) is 0 Å². The van der Waals surface area contributed by atoms with Crippen LogP contribution in [0.25, 0.3) is 125 Å². The van der Waals surface area contributed by atoms with Gasteiger partial charge >= 0.3 is 0 Å². The smallest absolute Gasteiger partial charge is 0.136 e. The lowest BCUT2D eigenvalue weighted by Gasteiger charge is -2.14. The molecule has 0 aliphatic carbocycles. The minimum absolute atomic E-state index is 0.905. The number of para-hydroxylation sites is 1. The van der Waals surface area contributed by atoms with Gasteiger partial charge in [0.1, 0.15) is 11.2 Å². The van der Waals surface area contributed by atoms with Crippen molar-refractivity contribution in [2.45, 2.75) is 0 Å². The second-order valence-electron chi connectivity index (χ2n) is 15.2. The van der Waals surface area contributed by atoms with Crippen molar-refractivity contribution in [3.63, 3.8) is 0 Å². The summed E-state index contributed by atoms with van der Waals surface area (Å²) >= 11 is 0. The molecule has 0 aliphatic rings. The average molecular weight is 710 g/mol. The fraction of sp³-hybridized carbons (Fsp3) is 0. The van der Waals surface area contributed by atoms with E-state index < -0.39 is 0 Å². The molecule has 56 heavy (non-hydrogen) atoms. The number of benzene rings is 11. The highest BCUT2D eigenvalue weighted by atomic mass is 16.3. The van der Waals surface area contributed by atoms with Crippen LogP contribution in [0.1, 0.15) is 0 Å². The number of aromatic nitrogens is 1. The maximum Gasteiger partial charge on any atom is 0.136 e. The van der Waals surface area contributed by atoms with Crippen LogP contribution in [-0.2, 0) is 0 Å². The molecule has 2 aromatic heterocycles. The first kappa shape index (κ1) is 30.0. The molecule has 0 radical (unpaired) electrons. The largest absolute Gasteiger partial charge is 0.456 e. The maximum absolute atomic E-state index is 6.57. The lowest BCUT2D eigenvalue weighted by Crippen LogP contribution is -1.94. The molecule has 2 nitrogen and oxygen atoms in total. The van der Waals surface area contributed by atoms with Crippen molar-refractivity contribution in [1.82, 2.24) is 4.57 Å². The summed E-state index contributed by atoms with van der Waals surface area (Å²) in [6.45, 7) is 0. The van der Waals surface area contributed by atoms with Crippen LogP contribution in [0.4, 0.5) is 0 Å². The van der Waals surface area contributed by atoms with E-state index in [4.69, 9.17) is 4.42 Å². The lowest BCUT2D eigenvalue weighted by molar-refractivity contribution is 0.669. The summed E-state index contributed by atoms with van der Waals surface area (Å²) in [5.74, 6) is 0. The van der Waals surface area contributed by atoms with E-state index in [2.05, 4.69) is 193 Å². The number of hydrogen-bond acceptors (Lipinski definition) is 1. The van der Waals surface area contributed by atoms with Crippen LogP contribution in [0.3, 0.4) is 0 Å². The monoisotopic (exact) mass is 709 g/mol. The summed E-state index contributed by atoms with van der Waals surface area (Å²) in [7, 11) is 0. The Labute approximate surface area is 321 Å². The molecule has 0 spiro atoms. The van der Waals surface area contributed by atoms with Gasteiger partial charge in [0.05, 0.1) is 11.0 Å². The van der Waals surface area contributed by atoms with Crippen molar-refractivity contribution in [2.24, 2.45) is 0 Å². The zero-order chi connectivity index (χ0) is 36.5. The van der Waals surface area contributed by atoms with Crippen LogP contribution in [0.2, 0.25) is 0 Å². The summed E-state index contributed by atoms with van der Waals surface area (Å²) in [4.78, 5) is 0. The SMILES string of the molecule is c1ccc2c(c1)c1ccccc1c1cc(-n3c4ccccc4c4cc(-c5ccc6oc7cc8c9ccccc9c9ccccc9c8cc7c6c5)ccc43)ccc21. The molecule has 2 heterocycles. The second kappa shape index (κ2) is 11.1. The number of hydrogen-bond donors (Lipinski definition) is 0. The molecule has 0 bridgehead atoms. The Kier molecular flexibility index (Phi) is 5.92. The van der Waals surface area contributed by atoms with E-state index in [1.807, 2.05) is 0 Å². The Morgan fingerprint density at radius 1 is 0.250 bits per heavy atom. The molecule has 2 heteroatoms. The first-order valence-electron chi connectivity index (χ1n) is 19.3. The van der Waals surface area contributed by atoms with Crippen LogP contribution in [0.15, 0.2) is 192 Å². The Morgan fingerprint density at radius 3 is 1.29 bits per heavy atom. The average Bonchev–Trinajstić information content (AvgIpc) is 3.80. The molecular weight excluding hydrogens is 679 g/mol. The molecule has 0 aliphatic heterocycles. The quantitative estimate of drug-likeness (QED) is 0.163. The van der Waals surface area contributed by atoms with Gasteiger partial charge in [0.25, 0.3) is 0 Å². The van der Waals surface area contributed by atoms with Crippen molar-refractivity contribution < 1.29 is 4.42 Å². The zero-order valence-electron chi connectivity index (χ0n) is 30.3. The topological polar surface area (TPSA) is 18.1 Å². The molecule has 11 aromatic carbocycles. The van der Waals surface area contributed by atoms with Crippen molar-refractivity contribution in [3.8, 4) is 16.8 Å². The van der Waals surface area contributed by atoms with Gasteiger partial charge in [-0.2, -0.15) is 0 Å². The molecule has 258 valence electrons. The zero-order valence-corrected chi connectivity index (χ0v) is 30.3. The van der Waals surface area contributed by atoms with Gasteiger partial charge in [-0.15, -0.1) is 0 Å². The molecule has 0 fully saturated rings. The predicted molar refractivity (Wildman–Crippen MR) is 239 cm³/mol. The summed E-state index contributed by atoms with van der Waals surface area (Å²) in [5.41, 5.74) is 7.74. The fourth-order valence-corrected chi connectivity index (χ4v) is 9.82. The van der Waals surface area contributed by atoms with Crippen LogP contribution in [-0.4, -0.2) is 4.57 Å². The molecule has 0 unspecified atom stereocenters. The molecule has 13 aromatic rings. The van der Waals surface area contributed by atoms with Gasteiger partial charge in [0.15, 0.2) is 0 Å². The summed E-state index contributed by atoms with van der Waals surface area (Å²) in [5, 5.41) is 20.0. The molecule has 0 amide bonds. The van der Waals surface area contributed by atoms with Gasteiger partial charge in [-0.3, -0.25) is 0 Å². The number of furan rings is 1. The first-order chi connectivity index (χ1) is 27.8. The van der Waals surface area contributed by atoms with Crippen molar-refractivity contribution in [3.05, 3.63) is 188 Å². The Hall–Kier alpha value is -7.42. The van der Waals surface area contributed by atoms with Crippen LogP contribution < -0.4 is 0 Å². The number of fused-ring (bicyclic) bond motifs is 18. The van der Waals surface area contributed by atoms with E-state index >= 15 is 0 Å². The van der Waals surface area contributed by atoms with E-state index in [1.54, 1.807) is 0 Å². The van der Waals surface area contributed by atoms with E-state index in [9.17, 15) is 0 Å². The van der Waals surface area contributed by atoms with Gasteiger partial charge < -0.3 is 8.98 Å². The van der Waals surface area contributed by atoms with E-state index in [0.717, 1.165) is 27.6 Å². The summed E-state index contributed by atoms with van der Waals surface area (Å²) < 4.78 is 9.00. The normalized spacial score (nSPS) is 12.3. The van der Waals surface area contributed by atoms with E-state index in [-0.39, 0.29) is 0 Å². The van der Waals surface area contributed by atoms with Gasteiger partial charge in [0, 0.05) is 27.2 Å². The molecule has 0 atom stereocenters. The molecular formula is C54H31NO. The highest BCUT2D eigenvalue weighted by molar-refractivity contribution is 6.29. The second-order valence-corrected chi connectivity index (χ2v) is 15.2. The first-order valence-corrected chi connectivity index (χ1v) is 19.3. The third-order valence-corrected chi connectivity index (χ3v) is 12.3. The van der Waals surface area contributed by atoms with Crippen LogP contribution >= 0.6 is 0 Å². The van der Waals surface area contributed by atoms with Gasteiger partial charge in [-0.1, -0.05) is 133 Å². The van der Waals surface area contributed by atoms with Crippen LogP contribution in [0, 0.1) is 0 Å². The third kappa shape index (κ3) is 4.05. The standard InChI is InChI=1S/C54H31NO/c1-2-15-39-35(11-1)36-12-3-6-16-40(36)45-29-34(23-24-43(39)45)55-51-20-10-9-19-44(51)48-27-32(21-25-52(48)55)33-22-26-53-49(28-33)50-30-46-41-17-7-4-13-37(41)38-14-5-8-18-42(38)47(46)31-54(50)56-53/h1-31H. The van der Waals surface area contributed by atoms with Crippen molar-refractivity contribution in [1.29, 1.82) is 0 Å². The Balaban J connectivity index is 1.01. The van der Waals surface area contributed by atoms with Gasteiger partial charge in [-0.05, 0) is 130 Å². The molecule has 0 saturated carbocycles. The van der Waals surface area contributed by atoms with E-state index in [1.165, 1.54) is 97.6 Å². The fourth-order valence-electron chi connectivity index (χ4n) is 9.82. The van der Waals surface area contributed by atoms with Gasteiger partial charge in [0.2, 0.25) is 0 Å². The van der Waals surface area contributed by atoms with E-state index in [0.29, 0.717) is 0 Å². The maximum atomic E-state index is 6.57. The number of nitrogens with zero attached hydrogens (tertiary/aromatic N) is 1. The Bertz CT molecular complexity index is 3790. The molecule has 13 rings (SSSR count). The Morgan fingerprint density at radius 2 is 0.679 bits per heavy atom. The summed E-state index contributed by atoms with van der Waals surface area (Å²) in [6, 6.07) is 69.1. The summed E-state index contributed by atoms with van der Waals surface area (Å²) in [6.07, 6.45) is 0.